The van der Waals surface area contributed by atoms with Crippen LogP contribution in [0.25, 0.3) is 0 Å². The number of rotatable bonds is 8. The van der Waals surface area contributed by atoms with Gasteiger partial charge in [-0.15, -0.1) is 24.0 Å². The number of nitrogens with one attached hydrogen (secondary N) is 2. The van der Waals surface area contributed by atoms with Crippen molar-refractivity contribution < 1.29 is 9.53 Å². The van der Waals surface area contributed by atoms with Crippen LogP contribution < -0.4 is 15.4 Å². The van der Waals surface area contributed by atoms with Gasteiger partial charge in [0, 0.05) is 64.3 Å². The Kier molecular flexibility index (Phi) is 10.9. The summed E-state index contributed by atoms with van der Waals surface area (Å²) in [6.07, 6.45) is 3.39. The topological polar surface area (TPSA) is 69.2 Å². The first-order chi connectivity index (χ1) is 14.6. The molecule has 0 spiro atoms. The van der Waals surface area contributed by atoms with Gasteiger partial charge in [-0.25, -0.2) is 0 Å². The zero-order valence-corrected chi connectivity index (χ0v) is 21.5. The standard InChI is InChI=1S/C23H37N5O2.HI/c1-4-30-21-16-18(2)8-9-20(21)17-26-23(24-3)25-10-11-27-12-14-28(15-13-27)22(29)19-6-5-7-19;/h8-9,16,19H,4-7,10-15,17H2,1-3H3,(H2,24,25,26);1H. The predicted molar refractivity (Wildman–Crippen MR) is 136 cm³/mol. The molecule has 0 atom stereocenters. The van der Waals surface area contributed by atoms with Gasteiger partial charge in [-0.05, 0) is 38.3 Å². The maximum atomic E-state index is 12.4. The Hall–Kier alpha value is -1.55. The molecule has 8 heteroatoms. The Morgan fingerprint density at radius 3 is 2.55 bits per heavy atom. The number of piperazine rings is 1. The van der Waals surface area contributed by atoms with Gasteiger partial charge >= 0.3 is 0 Å². The number of halogens is 1. The van der Waals surface area contributed by atoms with Crippen molar-refractivity contribution >= 4 is 35.8 Å². The number of hydrogen-bond donors (Lipinski definition) is 2. The Morgan fingerprint density at radius 1 is 1.19 bits per heavy atom. The molecule has 0 aromatic heterocycles. The molecule has 2 aliphatic rings. The summed E-state index contributed by atoms with van der Waals surface area (Å²) < 4.78 is 5.76. The van der Waals surface area contributed by atoms with E-state index in [0.717, 1.165) is 69.4 Å². The summed E-state index contributed by atoms with van der Waals surface area (Å²) in [7, 11) is 1.79. The van der Waals surface area contributed by atoms with Gasteiger partial charge in [-0.3, -0.25) is 14.7 Å². The molecule has 1 aliphatic heterocycles. The average molecular weight is 543 g/mol. The fourth-order valence-corrected chi connectivity index (χ4v) is 3.93. The van der Waals surface area contributed by atoms with Crippen molar-refractivity contribution in [2.24, 2.45) is 10.9 Å². The Bertz CT molecular complexity index is 731. The molecule has 7 nitrogen and oxygen atoms in total. The van der Waals surface area contributed by atoms with Crippen LogP contribution in [0, 0.1) is 12.8 Å². The molecule has 2 fully saturated rings. The van der Waals surface area contributed by atoms with Crippen LogP contribution in [0.5, 0.6) is 5.75 Å². The number of ether oxygens (including phenoxy) is 1. The van der Waals surface area contributed by atoms with Gasteiger partial charge in [-0.2, -0.15) is 0 Å². The van der Waals surface area contributed by atoms with E-state index in [-0.39, 0.29) is 24.0 Å². The zero-order chi connectivity index (χ0) is 21.3. The van der Waals surface area contributed by atoms with Crippen LogP contribution in [-0.4, -0.2) is 74.6 Å². The van der Waals surface area contributed by atoms with E-state index in [9.17, 15) is 4.79 Å². The van der Waals surface area contributed by atoms with Gasteiger partial charge < -0.3 is 20.3 Å². The summed E-state index contributed by atoms with van der Waals surface area (Å²) in [6, 6.07) is 6.28. The van der Waals surface area contributed by atoms with E-state index < -0.39 is 0 Å². The van der Waals surface area contributed by atoms with E-state index in [0.29, 0.717) is 25.0 Å². The van der Waals surface area contributed by atoms with E-state index in [1.165, 1.54) is 12.0 Å². The van der Waals surface area contributed by atoms with Crippen LogP contribution in [-0.2, 0) is 11.3 Å². The lowest BCUT2D eigenvalue weighted by atomic mass is 9.84. The number of aryl methyl sites for hydroxylation is 1. The van der Waals surface area contributed by atoms with Crippen molar-refractivity contribution in [3.63, 3.8) is 0 Å². The lowest BCUT2D eigenvalue weighted by Crippen LogP contribution is -2.52. The van der Waals surface area contributed by atoms with Crippen molar-refractivity contribution in [1.82, 2.24) is 20.4 Å². The molecule has 0 unspecified atom stereocenters. The van der Waals surface area contributed by atoms with Crippen LogP contribution >= 0.6 is 24.0 Å². The normalized spacial score (nSPS) is 17.5. The number of hydrogen-bond acceptors (Lipinski definition) is 4. The highest BCUT2D eigenvalue weighted by Gasteiger charge is 2.30. The monoisotopic (exact) mass is 543 g/mol. The molecule has 1 aromatic rings. The predicted octanol–water partition coefficient (Wildman–Crippen LogP) is 2.62. The van der Waals surface area contributed by atoms with E-state index in [1.807, 2.05) is 6.92 Å². The number of nitrogens with zero attached hydrogens (tertiary/aromatic N) is 3. The number of aliphatic imine (C=N–C) groups is 1. The largest absolute Gasteiger partial charge is 0.494 e. The molecule has 1 aromatic carbocycles. The molecule has 31 heavy (non-hydrogen) atoms. The van der Waals surface area contributed by atoms with E-state index >= 15 is 0 Å². The highest BCUT2D eigenvalue weighted by Crippen LogP contribution is 2.28. The van der Waals surface area contributed by atoms with Gasteiger partial charge in [0.2, 0.25) is 5.91 Å². The Balaban J connectivity index is 0.00000341. The minimum Gasteiger partial charge on any atom is -0.494 e. The summed E-state index contributed by atoms with van der Waals surface area (Å²) in [5.74, 6) is 2.40. The zero-order valence-electron chi connectivity index (χ0n) is 19.2. The highest BCUT2D eigenvalue weighted by atomic mass is 127. The molecule has 3 rings (SSSR count). The highest BCUT2D eigenvalue weighted by molar-refractivity contribution is 14.0. The lowest BCUT2D eigenvalue weighted by Gasteiger charge is -2.38. The minimum absolute atomic E-state index is 0. The lowest BCUT2D eigenvalue weighted by molar-refractivity contribution is -0.139. The molecule has 0 bridgehead atoms. The van der Waals surface area contributed by atoms with Crippen molar-refractivity contribution in [2.75, 3.05) is 52.9 Å². The molecule has 174 valence electrons. The second kappa shape index (κ2) is 13.1. The first kappa shape index (κ1) is 25.7. The third kappa shape index (κ3) is 7.52. The molecule has 1 saturated carbocycles. The number of benzene rings is 1. The first-order valence-corrected chi connectivity index (χ1v) is 11.3. The fraction of sp³-hybridized carbons (Fsp3) is 0.652. The molecule has 1 aliphatic carbocycles. The van der Waals surface area contributed by atoms with Gasteiger partial charge in [0.15, 0.2) is 5.96 Å². The molecular formula is C23H38IN5O2. The van der Waals surface area contributed by atoms with E-state index in [2.05, 4.69) is 50.5 Å². The molecule has 1 saturated heterocycles. The average Bonchev–Trinajstić information content (AvgIpc) is 2.71. The number of carbonyl (C=O) groups excluding carboxylic acids is 1. The third-order valence-corrected chi connectivity index (χ3v) is 6.05. The maximum absolute atomic E-state index is 12.4. The molecule has 2 N–H and O–H groups in total. The van der Waals surface area contributed by atoms with Crippen molar-refractivity contribution in [3.8, 4) is 5.75 Å². The van der Waals surface area contributed by atoms with E-state index in [4.69, 9.17) is 4.74 Å². The molecule has 1 amide bonds. The number of amides is 1. The molecule has 0 radical (unpaired) electrons. The van der Waals surface area contributed by atoms with Crippen molar-refractivity contribution in [2.45, 2.75) is 39.7 Å². The summed E-state index contributed by atoms with van der Waals surface area (Å²) in [5.41, 5.74) is 2.32. The van der Waals surface area contributed by atoms with Crippen LogP contribution in [0.3, 0.4) is 0 Å². The van der Waals surface area contributed by atoms with Gasteiger partial charge in [0.1, 0.15) is 5.75 Å². The Morgan fingerprint density at radius 2 is 1.94 bits per heavy atom. The second-order valence-corrected chi connectivity index (χ2v) is 8.19. The SMILES string of the molecule is CCOc1cc(C)ccc1CNC(=NC)NCCN1CCN(C(=O)C2CCC2)CC1.I. The van der Waals surface area contributed by atoms with Crippen molar-refractivity contribution in [1.29, 1.82) is 0 Å². The molecule has 1 heterocycles. The van der Waals surface area contributed by atoms with Crippen molar-refractivity contribution in [3.05, 3.63) is 29.3 Å². The van der Waals surface area contributed by atoms with Gasteiger partial charge in [0.25, 0.3) is 0 Å². The van der Waals surface area contributed by atoms with Gasteiger partial charge in [0.05, 0.1) is 6.61 Å². The van der Waals surface area contributed by atoms with Crippen LogP contribution in [0.1, 0.15) is 37.3 Å². The minimum atomic E-state index is 0. The van der Waals surface area contributed by atoms with Crippen LogP contribution in [0.2, 0.25) is 0 Å². The summed E-state index contributed by atoms with van der Waals surface area (Å²) in [4.78, 5) is 21.2. The fourth-order valence-electron chi connectivity index (χ4n) is 3.93. The summed E-state index contributed by atoms with van der Waals surface area (Å²) in [6.45, 7) is 10.8. The second-order valence-electron chi connectivity index (χ2n) is 8.19. The third-order valence-electron chi connectivity index (χ3n) is 6.05. The molecular weight excluding hydrogens is 505 g/mol. The van der Waals surface area contributed by atoms with Gasteiger partial charge in [-0.1, -0.05) is 18.6 Å². The number of guanidine groups is 1. The van der Waals surface area contributed by atoms with E-state index in [1.54, 1.807) is 7.05 Å². The Labute approximate surface area is 204 Å². The van der Waals surface area contributed by atoms with Crippen LogP contribution in [0.4, 0.5) is 0 Å². The number of carbonyl (C=O) groups is 1. The quantitative estimate of drug-likeness (QED) is 0.300. The smallest absolute Gasteiger partial charge is 0.225 e. The first-order valence-electron chi connectivity index (χ1n) is 11.3. The summed E-state index contributed by atoms with van der Waals surface area (Å²) in [5, 5.41) is 6.77. The van der Waals surface area contributed by atoms with Crippen LogP contribution in [0.15, 0.2) is 23.2 Å². The maximum Gasteiger partial charge on any atom is 0.225 e. The summed E-state index contributed by atoms with van der Waals surface area (Å²) >= 11 is 0.